The Labute approximate surface area is 117 Å². The molecule has 0 bridgehead atoms. The van der Waals surface area contributed by atoms with Crippen molar-refractivity contribution in [3.05, 3.63) is 35.2 Å². The van der Waals surface area contributed by atoms with Crippen molar-refractivity contribution in [2.45, 2.75) is 32.7 Å². The number of aromatic nitrogens is 2. The number of carbonyl (C=O) groups excluding carboxylic acids is 1. The van der Waals surface area contributed by atoms with Gasteiger partial charge in [0.05, 0.1) is 0 Å². The number of rotatable bonds is 6. The van der Waals surface area contributed by atoms with Crippen LogP contribution in [0.25, 0.3) is 11.3 Å². The smallest absolute Gasteiger partial charge is 0.220 e. The lowest BCUT2D eigenvalue weighted by atomic mass is 10.1. The second-order valence-corrected chi connectivity index (χ2v) is 4.98. The maximum absolute atomic E-state index is 11.5. The third-order valence-corrected chi connectivity index (χ3v) is 3.36. The molecule has 0 saturated carbocycles. The Kier molecular flexibility index (Phi) is 5.03. The lowest BCUT2D eigenvalue weighted by Gasteiger charge is -2.05. The number of benzene rings is 1. The minimum atomic E-state index is 0.120. The maximum Gasteiger partial charge on any atom is 0.220 e. The first-order valence-electron chi connectivity index (χ1n) is 6.42. The van der Waals surface area contributed by atoms with Crippen LogP contribution in [0.2, 0.25) is 0 Å². The van der Waals surface area contributed by atoms with Crippen LogP contribution in [0.3, 0.4) is 0 Å². The third kappa shape index (κ3) is 4.13. The van der Waals surface area contributed by atoms with Crippen LogP contribution in [0.4, 0.5) is 0 Å². The second kappa shape index (κ2) is 6.99. The molecule has 1 amide bonds. The van der Waals surface area contributed by atoms with Crippen molar-refractivity contribution in [3.63, 3.8) is 0 Å². The SMILES string of the molecule is CCCCC(=O)NCc1ccc(-c2csnn2)cc1. The molecule has 0 spiro atoms. The van der Waals surface area contributed by atoms with E-state index in [2.05, 4.69) is 21.8 Å². The summed E-state index contributed by atoms with van der Waals surface area (Å²) in [6.07, 6.45) is 2.60. The van der Waals surface area contributed by atoms with Crippen molar-refractivity contribution in [1.82, 2.24) is 14.9 Å². The van der Waals surface area contributed by atoms with Crippen molar-refractivity contribution in [3.8, 4) is 11.3 Å². The number of hydrogen-bond donors (Lipinski definition) is 1. The average molecular weight is 275 g/mol. The fraction of sp³-hybridized carbons (Fsp3) is 0.357. The van der Waals surface area contributed by atoms with E-state index < -0.39 is 0 Å². The zero-order chi connectivity index (χ0) is 13.5. The fourth-order valence-electron chi connectivity index (χ4n) is 1.71. The highest BCUT2D eigenvalue weighted by molar-refractivity contribution is 7.03. The van der Waals surface area contributed by atoms with Crippen molar-refractivity contribution >= 4 is 17.4 Å². The highest BCUT2D eigenvalue weighted by Gasteiger charge is 2.02. The maximum atomic E-state index is 11.5. The summed E-state index contributed by atoms with van der Waals surface area (Å²) in [6.45, 7) is 2.66. The van der Waals surface area contributed by atoms with Gasteiger partial charge in [-0.2, -0.15) is 0 Å². The highest BCUT2D eigenvalue weighted by Crippen LogP contribution is 2.18. The van der Waals surface area contributed by atoms with Gasteiger partial charge in [0.1, 0.15) is 5.69 Å². The zero-order valence-corrected chi connectivity index (χ0v) is 11.7. The lowest BCUT2D eigenvalue weighted by Crippen LogP contribution is -2.22. The van der Waals surface area contributed by atoms with E-state index in [0.29, 0.717) is 13.0 Å². The summed E-state index contributed by atoms with van der Waals surface area (Å²) in [5, 5.41) is 8.86. The molecule has 0 unspecified atom stereocenters. The minimum Gasteiger partial charge on any atom is -0.352 e. The molecule has 0 radical (unpaired) electrons. The summed E-state index contributed by atoms with van der Waals surface area (Å²) in [5.74, 6) is 0.120. The van der Waals surface area contributed by atoms with Gasteiger partial charge in [-0.25, -0.2) is 0 Å². The summed E-state index contributed by atoms with van der Waals surface area (Å²) in [4.78, 5) is 11.5. The highest BCUT2D eigenvalue weighted by atomic mass is 32.1. The van der Waals surface area contributed by atoms with Gasteiger partial charge in [-0.05, 0) is 23.5 Å². The molecule has 0 aliphatic heterocycles. The first-order chi connectivity index (χ1) is 9.29. The predicted molar refractivity (Wildman–Crippen MR) is 76.7 cm³/mol. The predicted octanol–water partition coefficient (Wildman–Crippen LogP) is 3.01. The van der Waals surface area contributed by atoms with Crippen LogP contribution in [0.15, 0.2) is 29.6 Å². The van der Waals surface area contributed by atoms with Gasteiger partial charge in [-0.15, -0.1) is 5.10 Å². The van der Waals surface area contributed by atoms with Crippen molar-refractivity contribution in [1.29, 1.82) is 0 Å². The molecule has 100 valence electrons. The first kappa shape index (κ1) is 13.7. The Hall–Kier alpha value is -1.75. The molecular formula is C14H17N3OS. The molecule has 1 aromatic heterocycles. The Morgan fingerprint density at radius 2 is 2.11 bits per heavy atom. The number of amides is 1. The van der Waals surface area contributed by atoms with Crippen molar-refractivity contribution in [2.75, 3.05) is 0 Å². The fourth-order valence-corrected chi connectivity index (χ4v) is 2.18. The van der Waals surface area contributed by atoms with Crippen LogP contribution in [-0.4, -0.2) is 15.5 Å². The number of unbranched alkanes of at least 4 members (excludes halogenated alkanes) is 1. The molecule has 1 N–H and O–H groups in total. The average Bonchev–Trinajstić information content (AvgIpc) is 2.97. The van der Waals surface area contributed by atoms with E-state index in [1.807, 2.05) is 29.6 Å². The number of hydrogen-bond acceptors (Lipinski definition) is 4. The summed E-state index contributed by atoms with van der Waals surface area (Å²) in [5.41, 5.74) is 3.04. The molecule has 2 aromatic rings. The van der Waals surface area contributed by atoms with Crippen LogP contribution < -0.4 is 5.32 Å². The van der Waals surface area contributed by atoms with Gasteiger partial charge >= 0.3 is 0 Å². The molecule has 0 fully saturated rings. The standard InChI is InChI=1S/C14H17N3OS/c1-2-3-4-14(18)15-9-11-5-7-12(8-6-11)13-10-19-17-16-13/h5-8,10H,2-4,9H2,1H3,(H,15,18). The summed E-state index contributed by atoms with van der Waals surface area (Å²) in [6, 6.07) is 8.03. The Balaban J connectivity index is 1.87. The van der Waals surface area contributed by atoms with Crippen molar-refractivity contribution < 1.29 is 4.79 Å². The van der Waals surface area contributed by atoms with E-state index in [-0.39, 0.29) is 5.91 Å². The molecule has 0 aliphatic carbocycles. The first-order valence-corrected chi connectivity index (χ1v) is 7.26. The molecule has 0 aliphatic rings. The van der Waals surface area contributed by atoms with Gasteiger partial charge in [0, 0.05) is 23.9 Å². The molecule has 1 aromatic carbocycles. The van der Waals surface area contributed by atoms with E-state index in [1.54, 1.807) is 0 Å². The van der Waals surface area contributed by atoms with Crippen LogP contribution in [0.5, 0.6) is 0 Å². The third-order valence-electron chi connectivity index (χ3n) is 2.86. The molecule has 0 saturated heterocycles. The van der Waals surface area contributed by atoms with Gasteiger partial charge < -0.3 is 5.32 Å². The van der Waals surface area contributed by atoms with Gasteiger partial charge in [0.15, 0.2) is 0 Å². The second-order valence-electron chi connectivity index (χ2n) is 4.37. The van der Waals surface area contributed by atoms with Gasteiger partial charge in [-0.3, -0.25) is 4.79 Å². The van der Waals surface area contributed by atoms with Gasteiger partial charge in [0.2, 0.25) is 5.91 Å². The Morgan fingerprint density at radius 3 is 2.74 bits per heavy atom. The number of nitrogens with one attached hydrogen (secondary N) is 1. The Bertz CT molecular complexity index is 508. The van der Waals surface area contributed by atoms with Crippen LogP contribution >= 0.6 is 11.5 Å². The van der Waals surface area contributed by atoms with Crippen LogP contribution in [-0.2, 0) is 11.3 Å². The van der Waals surface area contributed by atoms with E-state index in [4.69, 9.17) is 0 Å². The molecule has 0 atom stereocenters. The summed E-state index contributed by atoms with van der Waals surface area (Å²) in [7, 11) is 0. The minimum absolute atomic E-state index is 0.120. The molecule has 19 heavy (non-hydrogen) atoms. The van der Waals surface area contributed by atoms with Gasteiger partial charge in [-0.1, -0.05) is 42.1 Å². The zero-order valence-electron chi connectivity index (χ0n) is 10.9. The molecular weight excluding hydrogens is 258 g/mol. The molecule has 4 nitrogen and oxygen atoms in total. The molecule has 2 rings (SSSR count). The Morgan fingerprint density at radius 1 is 1.32 bits per heavy atom. The van der Waals surface area contributed by atoms with Gasteiger partial charge in [0.25, 0.3) is 0 Å². The van der Waals surface area contributed by atoms with E-state index in [1.165, 1.54) is 11.5 Å². The lowest BCUT2D eigenvalue weighted by molar-refractivity contribution is -0.121. The van der Waals surface area contributed by atoms with E-state index in [9.17, 15) is 4.79 Å². The summed E-state index contributed by atoms with van der Waals surface area (Å²) >= 11 is 1.34. The quantitative estimate of drug-likeness (QED) is 0.881. The van der Waals surface area contributed by atoms with E-state index >= 15 is 0 Å². The van der Waals surface area contributed by atoms with Crippen molar-refractivity contribution in [2.24, 2.45) is 0 Å². The molecule has 1 heterocycles. The van der Waals surface area contributed by atoms with Crippen LogP contribution in [0.1, 0.15) is 31.7 Å². The normalized spacial score (nSPS) is 10.4. The number of nitrogens with zero attached hydrogens (tertiary/aromatic N) is 2. The topological polar surface area (TPSA) is 54.9 Å². The number of carbonyl (C=O) groups is 1. The monoisotopic (exact) mass is 275 g/mol. The van der Waals surface area contributed by atoms with E-state index in [0.717, 1.165) is 29.7 Å². The molecule has 5 heteroatoms. The van der Waals surface area contributed by atoms with Crippen LogP contribution in [0, 0.1) is 0 Å². The largest absolute Gasteiger partial charge is 0.352 e. The summed E-state index contributed by atoms with van der Waals surface area (Å²) < 4.78 is 3.84.